The highest BCUT2D eigenvalue weighted by atomic mass is 79.9. The zero-order valence-corrected chi connectivity index (χ0v) is 8.65. The van der Waals surface area contributed by atoms with E-state index in [0.717, 1.165) is 0 Å². The highest BCUT2D eigenvalue weighted by molar-refractivity contribution is 9.10. The average Bonchev–Trinajstić information content (AvgIpc) is 2.15. The maximum atomic E-state index is 12.7. The first-order valence-electron chi connectivity index (χ1n) is 3.79. The van der Waals surface area contributed by atoms with Crippen molar-refractivity contribution in [2.45, 2.75) is 6.04 Å². The lowest BCUT2D eigenvalue weighted by Gasteiger charge is -2.09. The van der Waals surface area contributed by atoms with Gasteiger partial charge in [-0.1, -0.05) is 27.1 Å². The smallest absolute Gasteiger partial charge is 0.124 e. The van der Waals surface area contributed by atoms with E-state index in [9.17, 15) is 4.39 Å². The molecule has 74 valence electrons. The molecule has 1 aromatic rings. The molecule has 0 spiro atoms. The summed E-state index contributed by atoms with van der Waals surface area (Å²) in [5, 5.41) is 12.3. The number of aliphatic hydroxyl groups is 1. The lowest BCUT2D eigenvalue weighted by Crippen LogP contribution is -2.01. The minimum absolute atomic E-state index is 0.311. The third-order valence-electron chi connectivity index (χ3n) is 1.69. The van der Waals surface area contributed by atoms with Crippen molar-refractivity contribution in [1.29, 1.82) is 0 Å². The fourth-order valence-corrected chi connectivity index (χ4v) is 1.65. The van der Waals surface area contributed by atoms with Gasteiger partial charge in [-0.25, -0.2) is 4.39 Å². The lowest BCUT2D eigenvalue weighted by molar-refractivity contribution is 0.267. The van der Waals surface area contributed by atoms with Crippen molar-refractivity contribution >= 4 is 15.9 Å². The third kappa shape index (κ3) is 2.45. The Morgan fingerprint density at radius 2 is 2.36 bits per heavy atom. The van der Waals surface area contributed by atoms with Gasteiger partial charge in [0.1, 0.15) is 5.82 Å². The van der Waals surface area contributed by atoms with Crippen LogP contribution in [0.15, 0.2) is 27.8 Å². The van der Waals surface area contributed by atoms with Gasteiger partial charge < -0.3 is 5.11 Å². The maximum absolute atomic E-state index is 12.7. The fraction of sp³-hybridized carbons (Fsp3) is 0.250. The van der Waals surface area contributed by atoms with Crippen LogP contribution < -0.4 is 0 Å². The highest BCUT2D eigenvalue weighted by Crippen LogP contribution is 2.26. The summed E-state index contributed by atoms with van der Waals surface area (Å²) in [6, 6.07) is 3.28. The third-order valence-corrected chi connectivity index (χ3v) is 2.37. The van der Waals surface area contributed by atoms with Gasteiger partial charge in [0.2, 0.25) is 0 Å². The molecule has 0 heterocycles. The summed E-state index contributed by atoms with van der Waals surface area (Å²) in [5.74, 6) is -0.391. The molecule has 0 bridgehead atoms. The zero-order chi connectivity index (χ0) is 10.6. The molecule has 1 N–H and O–H groups in total. The number of azide groups is 1. The van der Waals surface area contributed by atoms with Crippen molar-refractivity contribution in [3.8, 4) is 0 Å². The largest absolute Gasteiger partial charge is 0.396 e. The molecule has 0 aliphatic carbocycles. The first kappa shape index (κ1) is 11.0. The SMILES string of the molecule is [N-]=[N+]=NC(CO)c1ccc(F)cc1Br. The number of aliphatic hydroxyl groups excluding tert-OH is 1. The van der Waals surface area contributed by atoms with Crippen LogP contribution in [-0.4, -0.2) is 11.7 Å². The Labute approximate surface area is 88.1 Å². The van der Waals surface area contributed by atoms with Crippen LogP contribution in [0.1, 0.15) is 11.6 Å². The predicted molar refractivity (Wildman–Crippen MR) is 53.1 cm³/mol. The van der Waals surface area contributed by atoms with Crippen LogP contribution in [0.4, 0.5) is 4.39 Å². The quantitative estimate of drug-likeness (QED) is 0.506. The average molecular weight is 260 g/mol. The van der Waals surface area contributed by atoms with E-state index in [-0.39, 0.29) is 6.61 Å². The summed E-state index contributed by atoms with van der Waals surface area (Å²) in [4.78, 5) is 2.60. The Hall–Kier alpha value is -1.10. The lowest BCUT2D eigenvalue weighted by atomic mass is 10.1. The molecular weight excluding hydrogens is 253 g/mol. The standard InChI is InChI=1S/C8H7BrFN3O/c9-7-3-5(10)1-2-6(7)8(4-14)12-13-11/h1-3,8,14H,4H2. The summed E-state index contributed by atoms with van der Waals surface area (Å²) in [7, 11) is 0. The van der Waals surface area contributed by atoms with Crippen LogP contribution in [0, 0.1) is 5.82 Å². The van der Waals surface area contributed by atoms with Gasteiger partial charge in [-0.2, -0.15) is 0 Å². The van der Waals surface area contributed by atoms with E-state index in [2.05, 4.69) is 26.0 Å². The number of nitrogens with zero attached hydrogens (tertiary/aromatic N) is 3. The van der Waals surface area contributed by atoms with Gasteiger partial charge >= 0.3 is 0 Å². The number of hydrogen-bond donors (Lipinski definition) is 1. The Balaban J connectivity index is 3.10. The summed E-state index contributed by atoms with van der Waals surface area (Å²) >= 11 is 3.12. The zero-order valence-electron chi connectivity index (χ0n) is 7.06. The molecule has 1 aromatic carbocycles. The van der Waals surface area contributed by atoms with E-state index in [1.54, 1.807) is 0 Å². The van der Waals surface area contributed by atoms with Crippen molar-refractivity contribution in [2.75, 3.05) is 6.61 Å². The summed E-state index contributed by atoms with van der Waals surface area (Å²) in [5.41, 5.74) is 8.79. The Morgan fingerprint density at radius 1 is 1.64 bits per heavy atom. The topological polar surface area (TPSA) is 69.0 Å². The van der Waals surface area contributed by atoms with E-state index in [1.165, 1.54) is 18.2 Å². The van der Waals surface area contributed by atoms with Crippen LogP contribution in [0.5, 0.6) is 0 Å². The molecule has 0 saturated carbocycles. The van der Waals surface area contributed by atoms with Gasteiger partial charge in [-0.3, -0.25) is 0 Å². The van der Waals surface area contributed by atoms with E-state index < -0.39 is 11.9 Å². The van der Waals surface area contributed by atoms with Crippen molar-refractivity contribution in [3.05, 3.63) is 44.5 Å². The first-order chi connectivity index (χ1) is 6.69. The summed E-state index contributed by atoms with van der Waals surface area (Å²) < 4.78 is 13.2. The number of rotatable bonds is 3. The Bertz CT molecular complexity index is 379. The Kier molecular flexibility index (Phi) is 3.88. The van der Waals surface area contributed by atoms with Gasteiger partial charge in [-0.05, 0) is 23.2 Å². The number of halogens is 2. The minimum Gasteiger partial charge on any atom is -0.396 e. The van der Waals surface area contributed by atoms with Crippen molar-refractivity contribution < 1.29 is 9.50 Å². The predicted octanol–water partition coefficient (Wildman–Crippen LogP) is 2.93. The van der Waals surface area contributed by atoms with Gasteiger partial charge in [0.25, 0.3) is 0 Å². The summed E-state index contributed by atoms with van der Waals surface area (Å²) in [6.07, 6.45) is 0. The van der Waals surface area contributed by atoms with E-state index in [0.29, 0.717) is 10.0 Å². The van der Waals surface area contributed by atoms with Crippen LogP contribution in [-0.2, 0) is 0 Å². The molecule has 1 atom stereocenters. The second kappa shape index (κ2) is 4.95. The minimum atomic E-state index is -0.685. The number of hydrogen-bond acceptors (Lipinski definition) is 2. The second-order valence-electron chi connectivity index (χ2n) is 2.57. The molecule has 0 aromatic heterocycles. The van der Waals surface area contributed by atoms with Crippen molar-refractivity contribution in [1.82, 2.24) is 0 Å². The molecule has 4 nitrogen and oxygen atoms in total. The molecule has 0 aliphatic heterocycles. The van der Waals surface area contributed by atoms with Crippen LogP contribution in [0.3, 0.4) is 0 Å². The molecular formula is C8H7BrFN3O. The van der Waals surface area contributed by atoms with Gasteiger partial charge in [0.05, 0.1) is 12.6 Å². The van der Waals surface area contributed by atoms with Crippen LogP contribution in [0.2, 0.25) is 0 Å². The fourth-order valence-electron chi connectivity index (χ4n) is 1.03. The van der Waals surface area contributed by atoms with Crippen LogP contribution in [0.25, 0.3) is 10.4 Å². The molecule has 0 amide bonds. The van der Waals surface area contributed by atoms with Crippen molar-refractivity contribution in [3.63, 3.8) is 0 Å². The van der Waals surface area contributed by atoms with Gasteiger partial charge in [0.15, 0.2) is 0 Å². The highest BCUT2D eigenvalue weighted by Gasteiger charge is 2.11. The van der Waals surface area contributed by atoms with E-state index >= 15 is 0 Å². The van der Waals surface area contributed by atoms with Crippen LogP contribution >= 0.6 is 15.9 Å². The summed E-state index contributed by atoms with van der Waals surface area (Å²) in [6.45, 7) is -0.311. The molecule has 14 heavy (non-hydrogen) atoms. The molecule has 0 fully saturated rings. The molecule has 1 rings (SSSR count). The van der Waals surface area contributed by atoms with Gasteiger partial charge in [0, 0.05) is 9.38 Å². The van der Waals surface area contributed by atoms with E-state index in [4.69, 9.17) is 10.6 Å². The first-order valence-corrected chi connectivity index (χ1v) is 4.58. The maximum Gasteiger partial charge on any atom is 0.124 e. The molecule has 0 radical (unpaired) electrons. The van der Waals surface area contributed by atoms with E-state index in [1.807, 2.05) is 0 Å². The molecule has 0 aliphatic rings. The molecule has 0 saturated heterocycles. The van der Waals surface area contributed by atoms with Gasteiger partial charge in [-0.15, -0.1) is 0 Å². The van der Waals surface area contributed by atoms with Crippen molar-refractivity contribution in [2.24, 2.45) is 5.11 Å². The Morgan fingerprint density at radius 3 is 2.86 bits per heavy atom. The monoisotopic (exact) mass is 259 g/mol. The molecule has 1 unspecified atom stereocenters. The number of benzene rings is 1. The molecule has 6 heteroatoms. The normalized spacial score (nSPS) is 11.9. The second-order valence-corrected chi connectivity index (χ2v) is 3.42.